The fourth-order valence-corrected chi connectivity index (χ4v) is 4.28. The van der Waals surface area contributed by atoms with Gasteiger partial charge in [0, 0.05) is 30.7 Å². The second-order valence-corrected chi connectivity index (χ2v) is 7.44. The van der Waals surface area contributed by atoms with Crippen molar-refractivity contribution in [1.29, 1.82) is 0 Å². The van der Waals surface area contributed by atoms with Crippen LogP contribution in [0.25, 0.3) is 0 Å². The predicted molar refractivity (Wildman–Crippen MR) is 90.1 cm³/mol. The van der Waals surface area contributed by atoms with Gasteiger partial charge in [-0.05, 0) is 48.2 Å². The molecule has 1 N–H and O–H groups in total. The highest BCUT2D eigenvalue weighted by Gasteiger charge is 2.30. The van der Waals surface area contributed by atoms with Gasteiger partial charge in [-0.1, -0.05) is 25.7 Å². The number of rotatable bonds is 3. The van der Waals surface area contributed by atoms with Crippen molar-refractivity contribution in [3.8, 4) is 0 Å². The fourth-order valence-electron chi connectivity index (χ4n) is 3.78. The van der Waals surface area contributed by atoms with Crippen molar-refractivity contribution in [1.82, 2.24) is 10.2 Å². The van der Waals surface area contributed by atoms with E-state index in [-0.39, 0.29) is 11.9 Å². The number of likely N-dealkylation sites (tertiary alicyclic amines) is 1. The minimum absolute atomic E-state index is 0.0871. The molecule has 1 saturated carbocycles. The molecular formula is C17H25BrN2O2. The van der Waals surface area contributed by atoms with Crippen LogP contribution >= 0.6 is 15.9 Å². The highest BCUT2D eigenvalue weighted by atomic mass is 79.9. The van der Waals surface area contributed by atoms with E-state index in [2.05, 4.69) is 26.1 Å². The minimum atomic E-state index is -0.0871. The van der Waals surface area contributed by atoms with Crippen LogP contribution in [-0.4, -0.2) is 36.0 Å². The van der Waals surface area contributed by atoms with E-state index in [4.69, 9.17) is 4.42 Å². The molecule has 122 valence electrons. The lowest BCUT2D eigenvalue weighted by atomic mass is 10.1. The summed E-state index contributed by atoms with van der Waals surface area (Å²) in [6.07, 6.45) is 9.18. The van der Waals surface area contributed by atoms with Gasteiger partial charge in [0.15, 0.2) is 10.4 Å². The zero-order valence-corrected chi connectivity index (χ0v) is 14.8. The van der Waals surface area contributed by atoms with Gasteiger partial charge in [0.2, 0.25) is 0 Å². The molecule has 1 saturated heterocycles. The van der Waals surface area contributed by atoms with Crippen LogP contribution in [-0.2, 0) is 0 Å². The molecule has 1 aliphatic carbocycles. The molecule has 4 nitrogen and oxygen atoms in total. The van der Waals surface area contributed by atoms with Gasteiger partial charge in [-0.25, -0.2) is 0 Å². The maximum absolute atomic E-state index is 12.3. The Morgan fingerprint density at radius 1 is 1.27 bits per heavy atom. The summed E-state index contributed by atoms with van der Waals surface area (Å²) in [5.41, 5.74) is 0.878. The van der Waals surface area contributed by atoms with Crippen LogP contribution in [0.4, 0.5) is 0 Å². The third kappa shape index (κ3) is 3.74. The number of amides is 1. The van der Waals surface area contributed by atoms with Gasteiger partial charge in [0.25, 0.3) is 5.91 Å². The average Bonchev–Trinajstić information content (AvgIpc) is 2.96. The molecule has 1 unspecified atom stereocenters. The first-order valence-corrected chi connectivity index (χ1v) is 9.23. The van der Waals surface area contributed by atoms with Crippen LogP contribution < -0.4 is 5.32 Å². The maximum atomic E-state index is 12.3. The van der Waals surface area contributed by atoms with Gasteiger partial charge in [0.05, 0.1) is 0 Å². The normalized spacial score (nSPS) is 24.4. The standard InChI is InChI=1S/C17H25BrN2O2/c1-12-10-15(18)22-16(12)17(21)19-13-8-9-20(11-13)14-6-4-2-3-5-7-14/h10,13-14H,2-9,11H2,1H3,(H,19,21). The first-order valence-electron chi connectivity index (χ1n) is 8.44. The summed E-state index contributed by atoms with van der Waals surface area (Å²) in [6.45, 7) is 3.99. The van der Waals surface area contributed by atoms with E-state index in [9.17, 15) is 4.79 Å². The molecule has 1 aromatic rings. The monoisotopic (exact) mass is 368 g/mol. The number of hydrogen-bond acceptors (Lipinski definition) is 3. The first-order chi connectivity index (χ1) is 10.6. The summed E-state index contributed by atoms with van der Waals surface area (Å²) in [5, 5.41) is 3.14. The minimum Gasteiger partial charge on any atom is -0.444 e. The molecule has 2 heterocycles. The highest BCUT2D eigenvalue weighted by molar-refractivity contribution is 9.10. The molecule has 1 atom stereocenters. The van der Waals surface area contributed by atoms with E-state index in [1.165, 1.54) is 38.5 Å². The van der Waals surface area contributed by atoms with Gasteiger partial charge in [0.1, 0.15) is 0 Å². The number of nitrogens with one attached hydrogen (secondary N) is 1. The largest absolute Gasteiger partial charge is 0.444 e. The molecule has 1 amide bonds. The average molecular weight is 369 g/mol. The van der Waals surface area contributed by atoms with E-state index in [1.54, 1.807) is 0 Å². The lowest BCUT2D eigenvalue weighted by Crippen LogP contribution is -2.39. The molecule has 1 aliphatic heterocycles. The number of hydrogen-bond donors (Lipinski definition) is 1. The quantitative estimate of drug-likeness (QED) is 0.823. The van der Waals surface area contributed by atoms with Crippen molar-refractivity contribution >= 4 is 21.8 Å². The van der Waals surface area contributed by atoms with Crippen molar-refractivity contribution in [3.63, 3.8) is 0 Å². The van der Waals surface area contributed by atoms with E-state index >= 15 is 0 Å². The van der Waals surface area contributed by atoms with Crippen molar-refractivity contribution < 1.29 is 9.21 Å². The zero-order chi connectivity index (χ0) is 15.5. The molecule has 22 heavy (non-hydrogen) atoms. The number of carbonyl (C=O) groups is 1. The third-order valence-corrected chi connectivity index (χ3v) is 5.38. The lowest BCUT2D eigenvalue weighted by Gasteiger charge is -2.26. The van der Waals surface area contributed by atoms with Gasteiger partial charge in [-0.15, -0.1) is 0 Å². The van der Waals surface area contributed by atoms with Crippen LogP contribution in [0.15, 0.2) is 15.2 Å². The number of aryl methyl sites for hydroxylation is 1. The fraction of sp³-hybridized carbons (Fsp3) is 0.706. The van der Waals surface area contributed by atoms with Crippen molar-refractivity contribution in [2.45, 2.75) is 64.0 Å². The Morgan fingerprint density at radius 2 is 2.00 bits per heavy atom. The summed E-state index contributed by atoms with van der Waals surface area (Å²) < 4.78 is 6.05. The van der Waals surface area contributed by atoms with E-state index < -0.39 is 0 Å². The SMILES string of the molecule is Cc1cc(Br)oc1C(=O)NC1CCN(C2CCCCCC2)C1. The summed E-state index contributed by atoms with van der Waals surface area (Å²) in [4.78, 5) is 14.9. The van der Waals surface area contributed by atoms with Gasteiger partial charge >= 0.3 is 0 Å². The second-order valence-electron chi connectivity index (χ2n) is 6.66. The first kappa shape index (κ1) is 16.1. The smallest absolute Gasteiger partial charge is 0.287 e. The van der Waals surface area contributed by atoms with Crippen LogP contribution in [0.5, 0.6) is 0 Å². The van der Waals surface area contributed by atoms with Crippen molar-refractivity contribution in [2.24, 2.45) is 0 Å². The topological polar surface area (TPSA) is 45.5 Å². The van der Waals surface area contributed by atoms with Crippen LogP contribution in [0.1, 0.15) is 61.1 Å². The molecule has 2 aliphatic rings. The Balaban J connectivity index is 1.54. The number of nitrogens with zero attached hydrogens (tertiary/aromatic N) is 1. The molecule has 0 spiro atoms. The number of furan rings is 1. The van der Waals surface area contributed by atoms with E-state index in [1.807, 2.05) is 13.0 Å². The van der Waals surface area contributed by atoms with Crippen LogP contribution in [0, 0.1) is 6.92 Å². The van der Waals surface area contributed by atoms with Crippen molar-refractivity contribution in [3.05, 3.63) is 22.1 Å². The Hall–Kier alpha value is -0.810. The van der Waals surface area contributed by atoms with Gasteiger partial charge < -0.3 is 9.73 Å². The molecular weight excluding hydrogens is 344 g/mol. The number of carbonyl (C=O) groups excluding carboxylic acids is 1. The molecule has 1 aromatic heterocycles. The highest BCUT2D eigenvalue weighted by Crippen LogP contribution is 2.25. The molecule has 0 radical (unpaired) electrons. The van der Waals surface area contributed by atoms with Gasteiger partial charge in [-0.2, -0.15) is 0 Å². The summed E-state index contributed by atoms with van der Waals surface area (Å²) >= 11 is 3.28. The summed E-state index contributed by atoms with van der Waals surface area (Å²) in [6, 6.07) is 2.81. The third-order valence-electron chi connectivity index (χ3n) is 4.99. The zero-order valence-electron chi connectivity index (χ0n) is 13.2. The Bertz CT molecular complexity index is 521. The Labute approximate surface area is 140 Å². The van der Waals surface area contributed by atoms with E-state index in [0.29, 0.717) is 10.4 Å². The van der Waals surface area contributed by atoms with Crippen LogP contribution in [0.2, 0.25) is 0 Å². The van der Waals surface area contributed by atoms with E-state index in [0.717, 1.165) is 31.1 Å². The van der Waals surface area contributed by atoms with Gasteiger partial charge in [-0.3, -0.25) is 9.69 Å². The molecule has 2 fully saturated rings. The Morgan fingerprint density at radius 3 is 2.64 bits per heavy atom. The molecule has 5 heteroatoms. The van der Waals surface area contributed by atoms with Crippen molar-refractivity contribution in [2.75, 3.05) is 13.1 Å². The summed E-state index contributed by atoms with van der Waals surface area (Å²) in [7, 11) is 0. The summed E-state index contributed by atoms with van der Waals surface area (Å²) in [5.74, 6) is 0.343. The Kier molecular flexibility index (Phi) is 5.24. The second kappa shape index (κ2) is 7.18. The lowest BCUT2D eigenvalue weighted by molar-refractivity contribution is 0.0905. The van der Waals surface area contributed by atoms with Crippen LogP contribution in [0.3, 0.4) is 0 Å². The molecule has 0 aromatic carbocycles. The molecule has 0 bridgehead atoms. The maximum Gasteiger partial charge on any atom is 0.287 e. The molecule has 3 rings (SSSR count). The number of halogens is 1. The predicted octanol–water partition coefficient (Wildman–Crippen LogP) is 3.88.